The number of hydrogen-bond acceptors (Lipinski definition) is 4. The van der Waals surface area contributed by atoms with Crippen LogP contribution in [0.1, 0.15) is 60.3 Å². The highest BCUT2D eigenvalue weighted by molar-refractivity contribution is 5.88. The third-order valence-electron chi connectivity index (χ3n) is 5.46. The molecule has 7 nitrogen and oxygen atoms in total. The minimum absolute atomic E-state index is 0.141. The Balaban J connectivity index is 1.47. The molecule has 0 saturated carbocycles. The lowest BCUT2D eigenvalue weighted by Crippen LogP contribution is -2.39. The first-order valence-corrected chi connectivity index (χ1v) is 10.3. The second-order valence-electron chi connectivity index (χ2n) is 7.50. The second kappa shape index (κ2) is 9.58. The lowest BCUT2D eigenvalue weighted by Gasteiger charge is -2.32. The summed E-state index contributed by atoms with van der Waals surface area (Å²) >= 11 is 0. The molecule has 29 heavy (non-hydrogen) atoms. The molecule has 156 valence electrons. The molecule has 1 aromatic carbocycles. The molecule has 0 aliphatic carbocycles. The first kappa shape index (κ1) is 20.9. The summed E-state index contributed by atoms with van der Waals surface area (Å²) in [4.78, 5) is 25.7. The molecule has 1 aliphatic rings. The average Bonchev–Trinajstić information content (AvgIpc) is 3.13. The van der Waals surface area contributed by atoms with Crippen molar-refractivity contribution < 1.29 is 19.4 Å². The summed E-state index contributed by atoms with van der Waals surface area (Å²) in [5.41, 5.74) is 2.05. The van der Waals surface area contributed by atoms with Gasteiger partial charge in [-0.1, -0.05) is 19.1 Å². The number of aromatic carboxylic acids is 1. The van der Waals surface area contributed by atoms with E-state index in [4.69, 9.17) is 4.74 Å². The molecule has 1 amide bonds. The van der Waals surface area contributed by atoms with Crippen LogP contribution in [0.4, 0.5) is 0 Å². The summed E-state index contributed by atoms with van der Waals surface area (Å²) < 4.78 is 7.38. The summed E-state index contributed by atoms with van der Waals surface area (Å²) in [5, 5.41) is 13.4. The number of rotatable bonds is 8. The minimum atomic E-state index is -0.952. The highest BCUT2D eigenvalue weighted by Crippen LogP contribution is 2.25. The van der Waals surface area contributed by atoms with E-state index in [0.29, 0.717) is 38.2 Å². The fourth-order valence-corrected chi connectivity index (χ4v) is 3.74. The van der Waals surface area contributed by atoms with Crippen molar-refractivity contribution in [2.75, 3.05) is 19.7 Å². The van der Waals surface area contributed by atoms with Crippen LogP contribution in [0.3, 0.4) is 0 Å². The molecule has 3 rings (SSSR count). The molecule has 0 atom stereocenters. The standard InChI is InChI=1S/C22H29N3O4/c1-3-14-29-19-7-4-17(5-8-19)6-9-21(26)24-12-10-18(11-13-24)25-16(2)20(15-23-25)22(27)28/h4-5,7-8,15,18H,3,6,9-14H2,1-2H3,(H,27,28). The maximum Gasteiger partial charge on any atom is 0.339 e. The maximum absolute atomic E-state index is 12.6. The van der Waals surface area contributed by atoms with Crippen LogP contribution in [0.25, 0.3) is 0 Å². The Kier molecular flexibility index (Phi) is 6.90. The van der Waals surface area contributed by atoms with E-state index in [1.54, 1.807) is 11.6 Å². The number of carbonyl (C=O) groups is 2. The van der Waals surface area contributed by atoms with Crippen molar-refractivity contribution in [1.82, 2.24) is 14.7 Å². The molecule has 2 aromatic rings. The largest absolute Gasteiger partial charge is 0.494 e. The van der Waals surface area contributed by atoms with Crippen LogP contribution in [0.5, 0.6) is 5.75 Å². The van der Waals surface area contributed by atoms with E-state index >= 15 is 0 Å². The number of amides is 1. The fourth-order valence-electron chi connectivity index (χ4n) is 3.74. The SMILES string of the molecule is CCCOc1ccc(CCC(=O)N2CCC(n3ncc(C(=O)O)c3C)CC2)cc1. The van der Waals surface area contributed by atoms with Crippen molar-refractivity contribution in [3.8, 4) is 5.75 Å². The predicted octanol–water partition coefficient (Wildman–Crippen LogP) is 3.47. The van der Waals surface area contributed by atoms with Gasteiger partial charge < -0.3 is 14.7 Å². The Morgan fingerprint density at radius 2 is 1.90 bits per heavy atom. The molecule has 7 heteroatoms. The van der Waals surface area contributed by atoms with Crippen molar-refractivity contribution in [2.45, 2.75) is 52.0 Å². The number of likely N-dealkylation sites (tertiary alicyclic amines) is 1. The number of benzene rings is 1. The van der Waals surface area contributed by atoms with E-state index in [-0.39, 0.29) is 17.5 Å². The van der Waals surface area contributed by atoms with Crippen LogP contribution in [0.2, 0.25) is 0 Å². The summed E-state index contributed by atoms with van der Waals surface area (Å²) in [6.07, 6.45) is 5.17. The molecule has 0 unspecified atom stereocenters. The molecule has 0 spiro atoms. The summed E-state index contributed by atoms with van der Waals surface area (Å²) in [6, 6.07) is 8.09. The number of aromatic nitrogens is 2. The molecule has 1 aliphatic heterocycles. The Hall–Kier alpha value is -2.83. The van der Waals surface area contributed by atoms with Crippen LogP contribution in [0.15, 0.2) is 30.5 Å². The molecule has 0 radical (unpaired) electrons. The molecule has 1 aromatic heterocycles. The molecular formula is C22H29N3O4. The topological polar surface area (TPSA) is 84.7 Å². The van der Waals surface area contributed by atoms with Gasteiger partial charge in [0.05, 0.1) is 24.5 Å². The molecule has 1 fully saturated rings. The smallest absolute Gasteiger partial charge is 0.339 e. The van der Waals surface area contributed by atoms with E-state index in [0.717, 1.165) is 30.6 Å². The number of carboxylic acids is 1. The lowest BCUT2D eigenvalue weighted by molar-refractivity contribution is -0.132. The van der Waals surface area contributed by atoms with E-state index in [1.807, 2.05) is 29.2 Å². The first-order valence-electron chi connectivity index (χ1n) is 10.3. The van der Waals surface area contributed by atoms with Gasteiger partial charge >= 0.3 is 5.97 Å². The van der Waals surface area contributed by atoms with Gasteiger partial charge in [0.25, 0.3) is 0 Å². The van der Waals surface area contributed by atoms with Gasteiger partial charge in [-0.2, -0.15) is 5.10 Å². The zero-order valence-corrected chi connectivity index (χ0v) is 17.1. The van der Waals surface area contributed by atoms with Gasteiger partial charge in [0.15, 0.2) is 0 Å². The molecule has 2 heterocycles. The summed E-state index contributed by atoms with van der Waals surface area (Å²) in [7, 11) is 0. The van der Waals surface area contributed by atoms with Crippen LogP contribution in [-0.2, 0) is 11.2 Å². The minimum Gasteiger partial charge on any atom is -0.494 e. The Morgan fingerprint density at radius 3 is 2.48 bits per heavy atom. The fraction of sp³-hybridized carbons (Fsp3) is 0.500. The van der Waals surface area contributed by atoms with Gasteiger partial charge in [-0.25, -0.2) is 4.79 Å². The van der Waals surface area contributed by atoms with Crippen molar-refractivity contribution in [3.05, 3.63) is 47.3 Å². The normalized spacial score (nSPS) is 14.8. The van der Waals surface area contributed by atoms with Gasteiger partial charge in [0.1, 0.15) is 11.3 Å². The van der Waals surface area contributed by atoms with Gasteiger partial charge in [-0.15, -0.1) is 0 Å². The molecule has 1 N–H and O–H groups in total. The number of hydrogen-bond donors (Lipinski definition) is 1. The Morgan fingerprint density at radius 1 is 1.21 bits per heavy atom. The maximum atomic E-state index is 12.6. The lowest BCUT2D eigenvalue weighted by atomic mass is 10.0. The van der Waals surface area contributed by atoms with Crippen LogP contribution in [-0.4, -0.2) is 51.4 Å². The predicted molar refractivity (Wildman–Crippen MR) is 109 cm³/mol. The number of carboxylic acid groups (broad SMARTS) is 1. The molecule has 0 bridgehead atoms. The second-order valence-corrected chi connectivity index (χ2v) is 7.50. The van der Waals surface area contributed by atoms with Crippen LogP contribution < -0.4 is 4.74 Å². The number of ether oxygens (including phenoxy) is 1. The third kappa shape index (κ3) is 5.16. The highest BCUT2D eigenvalue weighted by Gasteiger charge is 2.26. The molecule has 1 saturated heterocycles. The Bertz CT molecular complexity index is 836. The number of nitrogens with zero attached hydrogens (tertiary/aromatic N) is 3. The Labute approximate surface area is 171 Å². The van der Waals surface area contributed by atoms with E-state index in [9.17, 15) is 14.7 Å². The van der Waals surface area contributed by atoms with E-state index < -0.39 is 5.97 Å². The highest BCUT2D eigenvalue weighted by atomic mass is 16.5. The number of carbonyl (C=O) groups excluding carboxylic acids is 1. The average molecular weight is 399 g/mol. The van der Waals surface area contributed by atoms with Gasteiger partial charge in [0.2, 0.25) is 5.91 Å². The number of aryl methyl sites for hydroxylation is 1. The summed E-state index contributed by atoms with van der Waals surface area (Å²) in [6.45, 7) is 5.92. The monoisotopic (exact) mass is 399 g/mol. The van der Waals surface area contributed by atoms with Crippen molar-refractivity contribution in [1.29, 1.82) is 0 Å². The van der Waals surface area contributed by atoms with Gasteiger partial charge in [0, 0.05) is 19.5 Å². The van der Waals surface area contributed by atoms with Crippen molar-refractivity contribution in [3.63, 3.8) is 0 Å². The zero-order valence-electron chi connectivity index (χ0n) is 17.1. The first-order chi connectivity index (χ1) is 14.0. The van der Waals surface area contributed by atoms with Crippen LogP contribution >= 0.6 is 0 Å². The third-order valence-corrected chi connectivity index (χ3v) is 5.46. The van der Waals surface area contributed by atoms with Crippen LogP contribution in [0, 0.1) is 6.92 Å². The number of piperidine rings is 1. The zero-order chi connectivity index (χ0) is 20.8. The summed E-state index contributed by atoms with van der Waals surface area (Å²) in [5.74, 6) is 0.0773. The van der Waals surface area contributed by atoms with Gasteiger partial charge in [-0.05, 0) is 50.3 Å². The van der Waals surface area contributed by atoms with E-state index in [2.05, 4.69) is 12.0 Å². The van der Waals surface area contributed by atoms with E-state index in [1.165, 1.54) is 6.20 Å². The van der Waals surface area contributed by atoms with Crippen molar-refractivity contribution >= 4 is 11.9 Å². The van der Waals surface area contributed by atoms with Crippen molar-refractivity contribution in [2.24, 2.45) is 0 Å². The molecular weight excluding hydrogens is 370 g/mol. The quantitative estimate of drug-likeness (QED) is 0.735. The van der Waals surface area contributed by atoms with Gasteiger partial charge in [-0.3, -0.25) is 9.48 Å².